The molecule has 4 unspecified atom stereocenters. The normalized spacial score (nSPS) is 23.3. The predicted octanol–water partition coefficient (Wildman–Crippen LogP) is 2.92. The van der Waals surface area contributed by atoms with Crippen molar-refractivity contribution in [1.29, 1.82) is 0 Å². The maximum Gasteiger partial charge on any atom is 0.412 e. The summed E-state index contributed by atoms with van der Waals surface area (Å²) in [5, 5.41) is 4.65. The first-order valence-corrected chi connectivity index (χ1v) is 12.8. The summed E-state index contributed by atoms with van der Waals surface area (Å²) in [5.74, 6) is 0.553. The Labute approximate surface area is 208 Å². The van der Waals surface area contributed by atoms with Crippen LogP contribution in [-0.4, -0.2) is 66.3 Å². The average molecular weight is 515 g/mol. The first-order valence-electron chi connectivity index (χ1n) is 11.3. The molecule has 2 saturated heterocycles. The molecule has 0 aliphatic carbocycles. The van der Waals surface area contributed by atoms with E-state index in [0.29, 0.717) is 11.4 Å². The summed E-state index contributed by atoms with van der Waals surface area (Å²) in [5.41, 5.74) is 0.624. The van der Waals surface area contributed by atoms with Gasteiger partial charge in [0.25, 0.3) is 0 Å². The second-order valence-corrected chi connectivity index (χ2v) is 10.1. The minimum Gasteiger partial charge on any atom is -0.497 e. The van der Waals surface area contributed by atoms with E-state index >= 15 is 0 Å². The summed E-state index contributed by atoms with van der Waals surface area (Å²) >= 11 is 0. The molecule has 0 radical (unpaired) electrons. The second-order valence-electron chi connectivity index (χ2n) is 8.44. The van der Waals surface area contributed by atoms with Gasteiger partial charge in [0.15, 0.2) is 6.10 Å². The summed E-state index contributed by atoms with van der Waals surface area (Å²) in [4.78, 5) is 12.6. The fourth-order valence-corrected chi connectivity index (χ4v) is 5.95. The van der Waals surface area contributed by atoms with Crippen LogP contribution in [0.15, 0.2) is 65.6 Å². The van der Waals surface area contributed by atoms with Gasteiger partial charge in [-0.3, -0.25) is 5.32 Å². The van der Waals surface area contributed by atoms with Gasteiger partial charge in [-0.05, 0) is 23.6 Å². The van der Waals surface area contributed by atoms with E-state index in [9.17, 15) is 13.2 Å². The smallest absolute Gasteiger partial charge is 0.412 e. The van der Waals surface area contributed by atoms with Gasteiger partial charge < -0.3 is 23.7 Å². The number of ether oxygens (including phenoxy) is 5. The average Bonchev–Trinajstić information content (AvgIpc) is 3.46. The fraction of sp³-hybridized carbons (Fsp3) is 0.320. The van der Waals surface area contributed by atoms with Crippen molar-refractivity contribution in [2.24, 2.45) is 0 Å². The van der Waals surface area contributed by atoms with Crippen LogP contribution >= 0.6 is 0 Å². The SMILES string of the molecule is COc1ccc(OC)c(S(=O)(=O)NC2COC3C(OC(=O)Nc4cccc5ccccc45)COC23)c1. The van der Waals surface area contributed by atoms with Crippen LogP contribution in [0.4, 0.5) is 10.5 Å². The van der Waals surface area contributed by atoms with E-state index in [1.54, 1.807) is 12.1 Å². The predicted molar refractivity (Wildman–Crippen MR) is 131 cm³/mol. The molecule has 5 rings (SSSR count). The summed E-state index contributed by atoms with van der Waals surface area (Å²) < 4.78 is 56.5. The van der Waals surface area contributed by atoms with Gasteiger partial charge in [-0.15, -0.1) is 0 Å². The Balaban J connectivity index is 1.25. The lowest BCUT2D eigenvalue weighted by molar-refractivity contribution is 0.00884. The molecule has 1 amide bonds. The number of carbonyl (C=O) groups is 1. The molecule has 2 N–H and O–H groups in total. The monoisotopic (exact) mass is 514 g/mol. The number of benzene rings is 3. The zero-order valence-corrected chi connectivity index (χ0v) is 20.5. The molecule has 3 aromatic carbocycles. The van der Waals surface area contributed by atoms with Crippen LogP contribution in [0, 0.1) is 0 Å². The molecule has 36 heavy (non-hydrogen) atoms. The number of nitrogens with one attached hydrogen (secondary N) is 2. The highest BCUT2D eigenvalue weighted by molar-refractivity contribution is 7.89. The zero-order chi connectivity index (χ0) is 25.3. The number of anilines is 1. The quantitative estimate of drug-likeness (QED) is 0.494. The number of hydrogen-bond donors (Lipinski definition) is 2. The molecular formula is C25H26N2O8S. The van der Waals surface area contributed by atoms with Crippen molar-refractivity contribution < 1.29 is 36.9 Å². The van der Waals surface area contributed by atoms with E-state index < -0.39 is 40.5 Å². The third kappa shape index (κ3) is 4.70. The van der Waals surface area contributed by atoms with E-state index in [1.807, 2.05) is 36.4 Å². The van der Waals surface area contributed by atoms with Crippen LogP contribution in [-0.2, 0) is 24.2 Å². The largest absolute Gasteiger partial charge is 0.497 e. The van der Waals surface area contributed by atoms with Crippen molar-refractivity contribution in [3.05, 3.63) is 60.7 Å². The lowest BCUT2D eigenvalue weighted by atomic mass is 10.1. The Morgan fingerprint density at radius 1 is 0.944 bits per heavy atom. The van der Waals surface area contributed by atoms with Crippen LogP contribution in [0.25, 0.3) is 10.8 Å². The van der Waals surface area contributed by atoms with Gasteiger partial charge in [-0.1, -0.05) is 36.4 Å². The molecule has 0 saturated carbocycles. The number of methoxy groups -OCH3 is 2. The molecule has 0 bridgehead atoms. The van der Waals surface area contributed by atoms with Crippen molar-refractivity contribution in [2.75, 3.05) is 32.8 Å². The minimum absolute atomic E-state index is 0.0612. The number of fused-ring (bicyclic) bond motifs is 2. The number of hydrogen-bond acceptors (Lipinski definition) is 8. The van der Waals surface area contributed by atoms with Crippen LogP contribution in [0.3, 0.4) is 0 Å². The minimum atomic E-state index is -3.99. The third-order valence-electron chi connectivity index (χ3n) is 6.26. The number of amides is 1. The Hall–Kier alpha value is -3.38. The van der Waals surface area contributed by atoms with Gasteiger partial charge in [-0.2, -0.15) is 0 Å². The van der Waals surface area contributed by atoms with Gasteiger partial charge in [0.1, 0.15) is 28.6 Å². The van der Waals surface area contributed by atoms with E-state index in [1.165, 1.54) is 26.4 Å². The highest BCUT2D eigenvalue weighted by atomic mass is 32.2. The molecule has 0 spiro atoms. The van der Waals surface area contributed by atoms with E-state index in [2.05, 4.69) is 10.0 Å². The summed E-state index contributed by atoms with van der Waals surface area (Å²) in [6, 6.07) is 17.1. The first-order chi connectivity index (χ1) is 17.4. The summed E-state index contributed by atoms with van der Waals surface area (Å²) in [7, 11) is -1.16. The van der Waals surface area contributed by atoms with Gasteiger partial charge in [0, 0.05) is 11.5 Å². The molecule has 0 aromatic heterocycles. The maximum absolute atomic E-state index is 13.1. The van der Waals surface area contributed by atoms with Crippen LogP contribution in [0.5, 0.6) is 11.5 Å². The number of rotatable bonds is 7. The lowest BCUT2D eigenvalue weighted by Gasteiger charge is -2.19. The molecule has 2 aliphatic rings. The van der Waals surface area contributed by atoms with Crippen LogP contribution in [0.2, 0.25) is 0 Å². The Bertz CT molecular complexity index is 1370. The molecule has 3 aromatic rings. The Morgan fingerprint density at radius 3 is 2.53 bits per heavy atom. The standard InChI is InChI=1S/C25H26N2O8S/c1-31-16-10-11-20(32-2)22(12-16)36(29,30)27-19-13-33-24-21(14-34-23(19)24)35-25(28)26-18-9-5-7-15-6-3-4-8-17(15)18/h3-12,19,21,23-24,27H,13-14H2,1-2H3,(H,26,28). The fourth-order valence-electron chi connectivity index (χ4n) is 4.53. The highest BCUT2D eigenvalue weighted by Gasteiger charge is 2.50. The summed E-state index contributed by atoms with van der Waals surface area (Å²) in [6.07, 6.45) is -2.56. The van der Waals surface area contributed by atoms with Crippen molar-refractivity contribution >= 4 is 32.6 Å². The molecule has 11 heteroatoms. The maximum atomic E-state index is 13.1. The molecule has 10 nitrogen and oxygen atoms in total. The van der Waals surface area contributed by atoms with Crippen molar-refractivity contribution in [3.8, 4) is 11.5 Å². The molecule has 2 aliphatic heterocycles. The zero-order valence-electron chi connectivity index (χ0n) is 19.7. The Kier molecular flexibility index (Phi) is 6.71. The van der Waals surface area contributed by atoms with Crippen LogP contribution in [0.1, 0.15) is 0 Å². The first kappa shape index (κ1) is 24.3. The Morgan fingerprint density at radius 2 is 1.72 bits per heavy atom. The van der Waals surface area contributed by atoms with Crippen molar-refractivity contribution in [3.63, 3.8) is 0 Å². The molecule has 190 valence electrons. The van der Waals surface area contributed by atoms with Crippen LogP contribution < -0.4 is 19.5 Å². The lowest BCUT2D eigenvalue weighted by Crippen LogP contribution is -2.44. The molecule has 2 heterocycles. The summed E-state index contributed by atoms with van der Waals surface area (Å²) in [6.45, 7) is 0.144. The third-order valence-corrected chi connectivity index (χ3v) is 7.77. The van der Waals surface area contributed by atoms with E-state index in [-0.39, 0.29) is 23.9 Å². The van der Waals surface area contributed by atoms with E-state index in [4.69, 9.17) is 23.7 Å². The van der Waals surface area contributed by atoms with E-state index in [0.717, 1.165) is 10.8 Å². The second kappa shape index (κ2) is 9.94. The van der Waals surface area contributed by atoms with Gasteiger partial charge in [-0.25, -0.2) is 17.9 Å². The number of sulfonamides is 1. The molecular weight excluding hydrogens is 488 g/mol. The van der Waals surface area contributed by atoms with Gasteiger partial charge >= 0.3 is 6.09 Å². The molecule has 4 atom stereocenters. The van der Waals surface area contributed by atoms with Gasteiger partial charge in [0.05, 0.1) is 39.2 Å². The van der Waals surface area contributed by atoms with Crippen molar-refractivity contribution in [2.45, 2.75) is 29.2 Å². The number of carbonyl (C=O) groups excluding carboxylic acids is 1. The topological polar surface area (TPSA) is 121 Å². The van der Waals surface area contributed by atoms with Gasteiger partial charge in [0.2, 0.25) is 10.0 Å². The van der Waals surface area contributed by atoms with Crippen molar-refractivity contribution in [1.82, 2.24) is 4.72 Å². The highest BCUT2D eigenvalue weighted by Crippen LogP contribution is 2.33. The molecule has 2 fully saturated rings.